The normalized spacial score (nSPS) is 14.2. The number of nitrogens with one attached hydrogen (secondary N) is 1. The Balaban J connectivity index is 2.04. The summed E-state index contributed by atoms with van der Waals surface area (Å²) in [5.74, 6) is 0.207. The lowest BCUT2D eigenvalue weighted by Crippen LogP contribution is -2.38. The fourth-order valence-electron chi connectivity index (χ4n) is 1.96. The molecule has 108 valence electrons. The molecular formula is C15H19NO2S2. The summed E-state index contributed by atoms with van der Waals surface area (Å²) in [7, 11) is 0. The average Bonchev–Trinajstić information content (AvgIpc) is 3.06. The molecule has 0 aliphatic heterocycles. The van der Waals surface area contributed by atoms with Gasteiger partial charge in [0.15, 0.2) is 0 Å². The lowest BCUT2D eigenvalue weighted by Gasteiger charge is -2.22. The summed E-state index contributed by atoms with van der Waals surface area (Å²) >= 11 is 2.98. The smallest absolute Gasteiger partial charge is 0.261 e. The molecule has 1 unspecified atom stereocenters. The number of aliphatic hydroxyl groups is 1. The van der Waals surface area contributed by atoms with Gasteiger partial charge in [0.1, 0.15) is 5.60 Å². The van der Waals surface area contributed by atoms with Gasteiger partial charge in [0.25, 0.3) is 5.91 Å². The summed E-state index contributed by atoms with van der Waals surface area (Å²) in [5, 5.41) is 19.0. The number of hydrogen-bond acceptors (Lipinski definition) is 4. The largest absolute Gasteiger partial charge is 0.384 e. The zero-order valence-electron chi connectivity index (χ0n) is 11.8. The Morgan fingerprint density at radius 3 is 2.75 bits per heavy atom. The van der Waals surface area contributed by atoms with Crippen molar-refractivity contribution >= 4 is 28.6 Å². The zero-order chi connectivity index (χ0) is 14.8. The van der Waals surface area contributed by atoms with Gasteiger partial charge >= 0.3 is 0 Å². The Bertz CT molecular complexity index is 570. The Morgan fingerprint density at radius 1 is 1.40 bits per heavy atom. The molecule has 1 atom stereocenters. The van der Waals surface area contributed by atoms with Crippen molar-refractivity contribution in [1.29, 1.82) is 0 Å². The first kappa shape index (κ1) is 15.2. The first-order chi connectivity index (χ1) is 9.42. The summed E-state index contributed by atoms with van der Waals surface area (Å²) in [4.78, 5) is 13.0. The minimum Gasteiger partial charge on any atom is -0.384 e. The first-order valence-corrected chi connectivity index (χ1v) is 8.34. The van der Waals surface area contributed by atoms with Crippen LogP contribution in [0.3, 0.4) is 0 Å². The highest BCUT2D eigenvalue weighted by atomic mass is 32.1. The summed E-state index contributed by atoms with van der Waals surface area (Å²) in [6, 6.07) is 3.86. The van der Waals surface area contributed by atoms with Crippen molar-refractivity contribution < 1.29 is 9.90 Å². The summed E-state index contributed by atoms with van der Waals surface area (Å²) in [5.41, 5.74) is 0.853. The van der Waals surface area contributed by atoms with Crippen molar-refractivity contribution in [3.05, 3.63) is 44.3 Å². The van der Waals surface area contributed by atoms with E-state index in [0.717, 1.165) is 16.0 Å². The fourth-order valence-corrected chi connectivity index (χ4v) is 3.72. The van der Waals surface area contributed by atoms with Gasteiger partial charge in [0.2, 0.25) is 0 Å². The molecule has 2 aromatic heterocycles. The minimum absolute atomic E-state index is 0.112. The molecule has 0 aromatic carbocycles. The number of thiophene rings is 2. The van der Waals surface area contributed by atoms with Crippen molar-refractivity contribution in [2.45, 2.75) is 32.3 Å². The van der Waals surface area contributed by atoms with Crippen LogP contribution in [0.4, 0.5) is 0 Å². The van der Waals surface area contributed by atoms with Crippen LogP contribution in [-0.4, -0.2) is 17.6 Å². The third-order valence-corrected chi connectivity index (χ3v) is 4.87. The Hall–Kier alpha value is -1.17. The van der Waals surface area contributed by atoms with E-state index >= 15 is 0 Å². The maximum atomic E-state index is 12.2. The molecule has 2 heterocycles. The highest BCUT2D eigenvalue weighted by Gasteiger charge is 2.25. The molecular weight excluding hydrogens is 290 g/mol. The maximum Gasteiger partial charge on any atom is 0.261 e. The van der Waals surface area contributed by atoms with Crippen molar-refractivity contribution in [1.82, 2.24) is 5.32 Å². The molecule has 0 radical (unpaired) electrons. The average molecular weight is 309 g/mol. The van der Waals surface area contributed by atoms with E-state index in [9.17, 15) is 9.90 Å². The molecule has 3 nitrogen and oxygen atoms in total. The number of carbonyl (C=O) groups excluding carboxylic acids is 1. The fraction of sp³-hybridized carbons (Fsp3) is 0.400. The first-order valence-electron chi connectivity index (χ1n) is 6.52. The van der Waals surface area contributed by atoms with Gasteiger partial charge in [0.05, 0.1) is 11.4 Å². The predicted molar refractivity (Wildman–Crippen MR) is 84.6 cm³/mol. The predicted octanol–water partition coefficient (Wildman–Crippen LogP) is 3.57. The van der Waals surface area contributed by atoms with Gasteiger partial charge in [-0.1, -0.05) is 13.8 Å². The molecule has 0 saturated carbocycles. The SMILES string of the molecule is CC(C)c1ccsc1C(=O)NCC(C)(O)c1ccsc1. The Labute approximate surface area is 127 Å². The van der Waals surface area contributed by atoms with Crippen molar-refractivity contribution in [2.75, 3.05) is 6.54 Å². The lowest BCUT2D eigenvalue weighted by atomic mass is 9.99. The van der Waals surface area contributed by atoms with Crippen molar-refractivity contribution in [3.8, 4) is 0 Å². The second kappa shape index (κ2) is 6.08. The third-order valence-electron chi connectivity index (χ3n) is 3.26. The number of hydrogen-bond donors (Lipinski definition) is 2. The van der Waals surface area contributed by atoms with Crippen LogP contribution in [0, 0.1) is 0 Å². The van der Waals surface area contributed by atoms with E-state index in [1.165, 1.54) is 22.7 Å². The van der Waals surface area contributed by atoms with Gasteiger partial charge in [-0.25, -0.2) is 0 Å². The lowest BCUT2D eigenvalue weighted by molar-refractivity contribution is 0.0531. The van der Waals surface area contributed by atoms with E-state index < -0.39 is 5.60 Å². The van der Waals surface area contributed by atoms with Gasteiger partial charge < -0.3 is 10.4 Å². The Morgan fingerprint density at radius 2 is 2.15 bits per heavy atom. The standard InChI is InChI=1S/C15H19NO2S2/c1-10(2)12-5-7-20-13(12)14(17)16-9-15(3,18)11-4-6-19-8-11/h4-8,10,18H,9H2,1-3H3,(H,16,17). The van der Waals surface area contributed by atoms with Gasteiger partial charge in [-0.2, -0.15) is 11.3 Å². The van der Waals surface area contributed by atoms with E-state index in [1.54, 1.807) is 6.92 Å². The van der Waals surface area contributed by atoms with Crippen LogP contribution in [-0.2, 0) is 5.60 Å². The molecule has 0 spiro atoms. The highest BCUT2D eigenvalue weighted by molar-refractivity contribution is 7.12. The third kappa shape index (κ3) is 3.29. The molecule has 0 bridgehead atoms. The van der Waals surface area contributed by atoms with Crippen LogP contribution in [0.25, 0.3) is 0 Å². The second-order valence-electron chi connectivity index (χ2n) is 5.33. The van der Waals surface area contributed by atoms with E-state index in [0.29, 0.717) is 5.92 Å². The molecule has 0 aliphatic carbocycles. The molecule has 1 amide bonds. The van der Waals surface area contributed by atoms with E-state index in [-0.39, 0.29) is 12.5 Å². The van der Waals surface area contributed by atoms with Crippen LogP contribution in [0.2, 0.25) is 0 Å². The van der Waals surface area contributed by atoms with E-state index in [4.69, 9.17) is 0 Å². The quantitative estimate of drug-likeness (QED) is 0.887. The highest BCUT2D eigenvalue weighted by Crippen LogP contribution is 2.25. The second-order valence-corrected chi connectivity index (χ2v) is 7.02. The van der Waals surface area contributed by atoms with Crippen molar-refractivity contribution in [2.24, 2.45) is 0 Å². The summed E-state index contributed by atoms with van der Waals surface area (Å²) in [6.45, 7) is 6.06. The molecule has 5 heteroatoms. The molecule has 0 saturated heterocycles. The number of amides is 1. The Kier molecular flexibility index (Phi) is 4.62. The van der Waals surface area contributed by atoms with E-state index in [2.05, 4.69) is 19.2 Å². The summed E-state index contributed by atoms with van der Waals surface area (Å²) in [6.07, 6.45) is 0. The van der Waals surface area contributed by atoms with Crippen LogP contribution in [0.1, 0.15) is 47.5 Å². The van der Waals surface area contributed by atoms with Crippen LogP contribution in [0.5, 0.6) is 0 Å². The van der Waals surface area contributed by atoms with Crippen LogP contribution < -0.4 is 5.32 Å². The summed E-state index contributed by atoms with van der Waals surface area (Å²) < 4.78 is 0. The molecule has 2 rings (SSSR count). The van der Waals surface area contributed by atoms with Crippen molar-refractivity contribution in [3.63, 3.8) is 0 Å². The molecule has 2 aromatic rings. The molecule has 0 aliphatic rings. The monoisotopic (exact) mass is 309 g/mol. The van der Waals surface area contributed by atoms with Gasteiger partial charge in [-0.3, -0.25) is 4.79 Å². The number of rotatable bonds is 5. The van der Waals surface area contributed by atoms with Crippen LogP contribution >= 0.6 is 22.7 Å². The minimum atomic E-state index is -1.04. The zero-order valence-corrected chi connectivity index (χ0v) is 13.5. The van der Waals surface area contributed by atoms with Crippen LogP contribution in [0.15, 0.2) is 28.3 Å². The van der Waals surface area contributed by atoms with E-state index in [1.807, 2.05) is 28.3 Å². The molecule has 2 N–H and O–H groups in total. The van der Waals surface area contributed by atoms with Gasteiger partial charge in [-0.05, 0) is 52.2 Å². The topological polar surface area (TPSA) is 49.3 Å². The molecule has 0 fully saturated rings. The molecule has 20 heavy (non-hydrogen) atoms. The van der Waals surface area contributed by atoms with Gasteiger partial charge in [-0.15, -0.1) is 11.3 Å². The maximum absolute atomic E-state index is 12.2. The number of carbonyl (C=O) groups is 1. The van der Waals surface area contributed by atoms with Gasteiger partial charge in [0, 0.05) is 0 Å².